The van der Waals surface area contributed by atoms with Crippen LogP contribution in [0.1, 0.15) is 5.56 Å². The highest BCUT2D eigenvalue weighted by atomic mass is 16.5. The van der Waals surface area contributed by atoms with Crippen molar-refractivity contribution in [2.45, 2.75) is 6.54 Å². The molecule has 0 amide bonds. The van der Waals surface area contributed by atoms with Crippen molar-refractivity contribution in [1.82, 2.24) is 0 Å². The Kier molecular flexibility index (Phi) is 3.22. The summed E-state index contributed by atoms with van der Waals surface area (Å²) < 4.78 is 5.13. The fraction of sp³-hybridized carbons (Fsp3) is 0.143. The molecule has 0 saturated carbocycles. The predicted molar refractivity (Wildman–Crippen MR) is 65.2 cm³/mol. The van der Waals surface area contributed by atoms with Gasteiger partial charge in [0, 0.05) is 6.54 Å². The summed E-state index contributed by atoms with van der Waals surface area (Å²) in [6.07, 6.45) is 0. The molecule has 0 aliphatic rings. The third kappa shape index (κ3) is 2.07. The van der Waals surface area contributed by atoms with Crippen LogP contribution in [0, 0.1) is 6.07 Å². The number of hydrogen-bond acceptors (Lipinski definition) is 2. The maximum Gasteiger partial charge on any atom is 0.118 e. The number of methoxy groups -OCH3 is 1. The molecule has 2 aromatic rings. The summed E-state index contributed by atoms with van der Waals surface area (Å²) in [6.45, 7) is 0.526. The first-order chi connectivity index (χ1) is 7.85. The molecule has 2 N–H and O–H groups in total. The summed E-state index contributed by atoms with van der Waals surface area (Å²) in [4.78, 5) is 0. The second kappa shape index (κ2) is 4.81. The van der Waals surface area contributed by atoms with Crippen molar-refractivity contribution < 1.29 is 4.74 Å². The molecule has 2 aromatic carbocycles. The van der Waals surface area contributed by atoms with Crippen LogP contribution in [0.25, 0.3) is 11.1 Å². The molecule has 0 heterocycles. The fourth-order valence-electron chi connectivity index (χ4n) is 1.69. The van der Waals surface area contributed by atoms with Gasteiger partial charge in [-0.3, -0.25) is 0 Å². The monoisotopic (exact) mass is 212 g/mol. The molecule has 0 unspecified atom stereocenters. The van der Waals surface area contributed by atoms with Crippen LogP contribution in [0.4, 0.5) is 0 Å². The van der Waals surface area contributed by atoms with Crippen molar-refractivity contribution in [1.29, 1.82) is 0 Å². The second-order valence-corrected chi connectivity index (χ2v) is 3.52. The third-order valence-electron chi connectivity index (χ3n) is 2.57. The Bertz CT molecular complexity index is 462. The van der Waals surface area contributed by atoms with Gasteiger partial charge >= 0.3 is 0 Å². The van der Waals surface area contributed by atoms with Crippen molar-refractivity contribution in [3.63, 3.8) is 0 Å². The van der Waals surface area contributed by atoms with Gasteiger partial charge in [-0.2, -0.15) is 0 Å². The second-order valence-electron chi connectivity index (χ2n) is 3.52. The van der Waals surface area contributed by atoms with E-state index >= 15 is 0 Å². The van der Waals surface area contributed by atoms with Crippen molar-refractivity contribution in [2.24, 2.45) is 5.73 Å². The summed E-state index contributed by atoms with van der Waals surface area (Å²) in [5.41, 5.74) is 9.11. The molecule has 0 spiro atoms. The molecule has 0 bridgehead atoms. The van der Waals surface area contributed by atoms with Crippen molar-refractivity contribution in [3.8, 4) is 16.9 Å². The molecule has 0 aromatic heterocycles. The maximum absolute atomic E-state index is 5.70. The number of benzene rings is 2. The van der Waals surface area contributed by atoms with Crippen LogP contribution in [0.15, 0.2) is 42.5 Å². The van der Waals surface area contributed by atoms with E-state index in [0.29, 0.717) is 6.54 Å². The molecular formula is C14H14NO. The summed E-state index contributed by atoms with van der Waals surface area (Å²) in [5, 5.41) is 0. The zero-order valence-corrected chi connectivity index (χ0v) is 9.23. The largest absolute Gasteiger partial charge is 0.497 e. The fourth-order valence-corrected chi connectivity index (χ4v) is 1.69. The number of rotatable bonds is 3. The quantitative estimate of drug-likeness (QED) is 0.848. The normalized spacial score (nSPS) is 10.1. The lowest BCUT2D eigenvalue weighted by molar-refractivity contribution is 0.415. The molecule has 0 saturated heterocycles. The highest BCUT2D eigenvalue weighted by Gasteiger charge is 2.02. The van der Waals surface area contributed by atoms with Gasteiger partial charge in [0.25, 0.3) is 0 Å². The number of nitrogens with two attached hydrogens (primary N) is 1. The molecule has 2 rings (SSSR count). The third-order valence-corrected chi connectivity index (χ3v) is 2.57. The molecule has 0 aliphatic heterocycles. The highest BCUT2D eigenvalue weighted by Crippen LogP contribution is 2.25. The first-order valence-electron chi connectivity index (χ1n) is 5.18. The number of hydrogen-bond donors (Lipinski definition) is 1. The first-order valence-corrected chi connectivity index (χ1v) is 5.18. The van der Waals surface area contributed by atoms with Gasteiger partial charge < -0.3 is 10.5 Å². The van der Waals surface area contributed by atoms with Crippen LogP contribution in [-0.2, 0) is 6.54 Å². The molecular weight excluding hydrogens is 198 g/mol. The Morgan fingerprint density at radius 1 is 1.19 bits per heavy atom. The van der Waals surface area contributed by atoms with E-state index in [1.165, 1.54) is 0 Å². The van der Waals surface area contributed by atoms with Crippen molar-refractivity contribution in [2.75, 3.05) is 7.11 Å². The van der Waals surface area contributed by atoms with Crippen molar-refractivity contribution in [3.05, 3.63) is 54.1 Å². The van der Waals surface area contributed by atoms with Crippen LogP contribution in [0.5, 0.6) is 5.75 Å². The van der Waals surface area contributed by atoms with E-state index in [1.54, 1.807) is 7.11 Å². The lowest BCUT2D eigenvalue weighted by Crippen LogP contribution is -1.98. The maximum atomic E-state index is 5.70. The molecule has 0 atom stereocenters. The predicted octanol–water partition coefficient (Wildman–Crippen LogP) is 2.62. The molecule has 81 valence electrons. The Balaban J connectivity index is 2.42. The average molecular weight is 212 g/mol. The van der Waals surface area contributed by atoms with E-state index in [2.05, 4.69) is 6.07 Å². The van der Waals surface area contributed by atoms with Crippen LogP contribution in [-0.4, -0.2) is 7.11 Å². The van der Waals surface area contributed by atoms with Gasteiger partial charge in [0.15, 0.2) is 0 Å². The van der Waals surface area contributed by atoms with E-state index in [0.717, 1.165) is 22.4 Å². The van der Waals surface area contributed by atoms with Crippen LogP contribution in [0.2, 0.25) is 0 Å². The molecule has 16 heavy (non-hydrogen) atoms. The van der Waals surface area contributed by atoms with Crippen LogP contribution >= 0.6 is 0 Å². The van der Waals surface area contributed by atoms with Gasteiger partial charge in [0.2, 0.25) is 0 Å². The standard InChI is InChI=1S/C14H14NO/c1-16-13-8-6-11(7-9-13)14-5-3-2-4-12(14)10-15/h3-9H,10,15H2,1H3. The minimum atomic E-state index is 0.526. The topological polar surface area (TPSA) is 35.2 Å². The Morgan fingerprint density at radius 2 is 1.94 bits per heavy atom. The van der Waals surface area contributed by atoms with E-state index in [-0.39, 0.29) is 0 Å². The summed E-state index contributed by atoms with van der Waals surface area (Å²) in [6, 6.07) is 16.9. The van der Waals surface area contributed by atoms with Gasteiger partial charge in [-0.1, -0.05) is 24.3 Å². The van der Waals surface area contributed by atoms with E-state index in [9.17, 15) is 0 Å². The zero-order chi connectivity index (χ0) is 11.4. The van der Waals surface area contributed by atoms with Gasteiger partial charge in [-0.15, -0.1) is 0 Å². The summed E-state index contributed by atoms with van der Waals surface area (Å²) in [7, 11) is 1.66. The smallest absolute Gasteiger partial charge is 0.118 e. The molecule has 0 fully saturated rings. The lowest BCUT2D eigenvalue weighted by Gasteiger charge is -2.08. The van der Waals surface area contributed by atoms with Gasteiger partial charge in [-0.25, -0.2) is 0 Å². The average Bonchev–Trinajstić information content (AvgIpc) is 2.39. The minimum absolute atomic E-state index is 0.526. The van der Waals surface area contributed by atoms with Crippen molar-refractivity contribution >= 4 is 0 Å². The Morgan fingerprint density at radius 3 is 2.56 bits per heavy atom. The van der Waals surface area contributed by atoms with Crippen LogP contribution in [0.3, 0.4) is 0 Å². The van der Waals surface area contributed by atoms with E-state index in [1.807, 2.05) is 42.5 Å². The van der Waals surface area contributed by atoms with Gasteiger partial charge in [0.05, 0.1) is 7.11 Å². The summed E-state index contributed by atoms with van der Waals surface area (Å²) in [5.74, 6) is 0.862. The van der Waals surface area contributed by atoms with E-state index < -0.39 is 0 Å². The van der Waals surface area contributed by atoms with Gasteiger partial charge in [0.1, 0.15) is 5.75 Å². The first kappa shape index (κ1) is 10.7. The molecule has 2 nitrogen and oxygen atoms in total. The SMILES string of the molecule is COc1ccc(-c2cc[c]cc2CN)cc1. The Labute approximate surface area is 95.7 Å². The van der Waals surface area contributed by atoms with Crippen LogP contribution < -0.4 is 10.5 Å². The zero-order valence-electron chi connectivity index (χ0n) is 9.23. The summed E-state index contributed by atoms with van der Waals surface area (Å²) >= 11 is 0. The Hall–Kier alpha value is -1.80. The molecule has 2 heteroatoms. The lowest BCUT2D eigenvalue weighted by atomic mass is 10.00. The van der Waals surface area contributed by atoms with Gasteiger partial charge in [-0.05, 0) is 41.0 Å². The minimum Gasteiger partial charge on any atom is -0.497 e. The molecule has 1 radical (unpaired) electrons. The highest BCUT2D eigenvalue weighted by molar-refractivity contribution is 5.67. The number of ether oxygens (including phenoxy) is 1. The molecule has 0 aliphatic carbocycles. The van der Waals surface area contributed by atoms with E-state index in [4.69, 9.17) is 10.5 Å².